The molecule has 1 amide bonds. The van der Waals surface area contributed by atoms with Crippen LogP contribution in [0, 0.1) is 11.6 Å². The Kier molecular flexibility index (Phi) is 3.38. The van der Waals surface area contributed by atoms with Gasteiger partial charge in [0, 0.05) is 24.2 Å². The second-order valence-electron chi connectivity index (χ2n) is 5.91. The number of aliphatic hydroxyl groups is 1. The zero-order valence-corrected chi connectivity index (χ0v) is 12.5. The Balaban J connectivity index is 1.70. The minimum absolute atomic E-state index is 0.0554. The van der Waals surface area contributed by atoms with Gasteiger partial charge in [-0.3, -0.25) is 4.79 Å². The lowest BCUT2D eigenvalue weighted by molar-refractivity contribution is 0.0708. The van der Waals surface area contributed by atoms with Crippen molar-refractivity contribution in [3.05, 3.63) is 59.5 Å². The average molecular weight is 332 g/mol. The number of rotatable bonds is 2. The van der Waals surface area contributed by atoms with Crippen molar-refractivity contribution < 1.29 is 23.1 Å². The van der Waals surface area contributed by atoms with E-state index in [0.717, 1.165) is 18.2 Å². The van der Waals surface area contributed by atoms with E-state index in [1.165, 1.54) is 11.2 Å². The van der Waals surface area contributed by atoms with Crippen LogP contribution in [0.15, 0.2) is 41.0 Å². The highest BCUT2D eigenvalue weighted by Crippen LogP contribution is 2.35. The van der Waals surface area contributed by atoms with Crippen LogP contribution in [0.3, 0.4) is 0 Å². The number of likely N-dealkylation sites (tertiary alicyclic amines) is 1. The Labute approximate surface area is 135 Å². The molecule has 3 heterocycles. The Morgan fingerprint density at radius 2 is 2.12 bits per heavy atom. The van der Waals surface area contributed by atoms with Gasteiger partial charge in [0.15, 0.2) is 5.58 Å². The Morgan fingerprint density at radius 1 is 1.29 bits per heavy atom. The molecule has 4 rings (SSSR count). The molecule has 5 nitrogen and oxygen atoms in total. The zero-order valence-electron chi connectivity index (χ0n) is 12.5. The lowest BCUT2D eigenvalue weighted by Gasteiger charge is -2.24. The van der Waals surface area contributed by atoms with Crippen molar-refractivity contribution in [2.45, 2.75) is 18.6 Å². The molecule has 124 valence electrons. The normalized spacial score (nSPS) is 20.9. The number of carbonyl (C=O) groups is 1. The van der Waals surface area contributed by atoms with Gasteiger partial charge < -0.3 is 19.4 Å². The van der Waals surface area contributed by atoms with Gasteiger partial charge in [0.2, 0.25) is 0 Å². The number of amides is 1. The van der Waals surface area contributed by atoms with Gasteiger partial charge in [0.25, 0.3) is 5.91 Å². The van der Waals surface area contributed by atoms with Gasteiger partial charge >= 0.3 is 0 Å². The topological polar surface area (TPSA) is 69.5 Å². The van der Waals surface area contributed by atoms with E-state index in [4.69, 9.17) is 4.42 Å². The number of β-amino-alcohol motifs (C(OH)–C–C–N with tert-alkyl or cyclic N) is 1. The molecule has 1 saturated heterocycles. The average Bonchev–Trinajstić information content (AvgIpc) is 3.22. The molecule has 0 radical (unpaired) electrons. The van der Waals surface area contributed by atoms with Crippen LogP contribution in [-0.2, 0) is 0 Å². The first-order valence-corrected chi connectivity index (χ1v) is 7.53. The summed E-state index contributed by atoms with van der Waals surface area (Å²) < 4.78 is 32.8. The third-order valence-electron chi connectivity index (χ3n) is 4.33. The number of aromatic amines is 1. The van der Waals surface area contributed by atoms with E-state index >= 15 is 0 Å². The second kappa shape index (κ2) is 5.45. The third-order valence-corrected chi connectivity index (χ3v) is 4.33. The predicted octanol–water partition coefficient (Wildman–Crippen LogP) is 2.99. The number of aromatic nitrogens is 1. The molecule has 2 atom stereocenters. The fourth-order valence-corrected chi connectivity index (χ4v) is 3.22. The summed E-state index contributed by atoms with van der Waals surface area (Å²) in [5.41, 5.74) is 1.55. The van der Waals surface area contributed by atoms with Crippen LogP contribution in [0.5, 0.6) is 0 Å². The van der Waals surface area contributed by atoms with E-state index in [-0.39, 0.29) is 24.2 Å². The second-order valence-corrected chi connectivity index (χ2v) is 5.91. The molecular weight excluding hydrogens is 318 g/mol. The summed E-state index contributed by atoms with van der Waals surface area (Å²) in [6.07, 6.45) is 0.864. The highest BCUT2D eigenvalue weighted by molar-refractivity contribution is 5.97. The van der Waals surface area contributed by atoms with Crippen LogP contribution < -0.4 is 0 Å². The summed E-state index contributed by atoms with van der Waals surface area (Å²) in [4.78, 5) is 17.1. The number of furan rings is 1. The molecule has 1 aromatic carbocycles. The molecule has 24 heavy (non-hydrogen) atoms. The fourth-order valence-electron chi connectivity index (χ4n) is 3.22. The molecule has 0 spiro atoms. The predicted molar refractivity (Wildman–Crippen MR) is 81.3 cm³/mol. The summed E-state index contributed by atoms with van der Waals surface area (Å²) in [6, 6.07) is 5.64. The minimum Gasteiger partial charge on any atom is -0.463 e. The van der Waals surface area contributed by atoms with Crippen molar-refractivity contribution in [3.8, 4) is 0 Å². The van der Waals surface area contributed by atoms with Crippen LogP contribution >= 0.6 is 0 Å². The zero-order chi connectivity index (χ0) is 16.8. The van der Waals surface area contributed by atoms with Gasteiger partial charge in [-0.15, -0.1) is 0 Å². The molecule has 1 aliphatic rings. The minimum atomic E-state index is -0.792. The van der Waals surface area contributed by atoms with Crippen LogP contribution in [0.4, 0.5) is 8.78 Å². The summed E-state index contributed by atoms with van der Waals surface area (Å²) in [5.74, 6) is -1.59. The van der Waals surface area contributed by atoms with Crippen LogP contribution in [0.25, 0.3) is 11.1 Å². The maximum Gasteiger partial charge on any atom is 0.271 e. The molecule has 0 aliphatic carbocycles. The van der Waals surface area contributed by atoms with E-state index in [1.807, 2.05) is 0 Å². The molecule has 2 N–H and O–H groups in total. The number of nitrogens with zero attached hydrogens (tertiary/aromatic N) is 1. The van der Waals surface area contributed by atoms with Gasteiger partial charge in [0.1, 0.15) is 17.3 Å². The number of benzene rings is 1. The number of nitrogens with one attached hydrogen (secondary N) is 1. The van der Waals surface area contributed by atoms with Crippen molar-refractivity contribution in [1.82, 2.24) is 9.88 Å². The van der Waals surface area contributed by atoms with E-state index in [0.29, 0.717) is 11.1 Å². The summed E-state index contributed by atoms with van der Waals surface area (Å²) in [7, 11) is 0. The number of H-pyrrole nitrogens is 1. The number of carbonyl (C=O) groups excluding carboxylic acids is 1. The summed E-state index contributed by atoms with van der Waals surface area (Å²) in [6.45, 7) is 0.0554. The lowest BCUT2D eigenvalue weighted by Crippen LogP contribution is -2.32. The molecule has 1 fully saturated rings. The Morgan fingerprint density at radius 3 is 2.92 bits per heavy atom. The molecule has 1 aliphatic heterocycles. The standard InChI is InChI=1S/C17H14F2N2O3/c18-9-1-2-12(19)11(5-9)15-6-10(22)8-21(15)17(23)14-7-16-13(20-14)3-4-24-16/h1-5,7,10,15,20,22H,6,8H2. The van der Waals surface area contributed by atoms with Crippen molar-refractivity contribution >= 4 is 17.0 Å². The number of fused-ring (bicyclic) bond motifs is 1. The quantitative estimate of drug-likeness (QED) is 0.758. The van der Waals surface area contributed by atoms with Gasteiger partial charge in [-0.2, -0.15) is 0 Å². The Hall–Kier alpha value is -2.67. The molecule has 0 saturated carbocycles. The van der Waals surface area contributed by atoms with Gasteiger partial charge in [-0.25, -0.2) is 8.78 Å². The molecule has 3 aromatic rings. The number of hydrogen-bond donors (Lipinski definition) is 2. The van der Waals surface area contributed by atoms with Gasteiger partial charge in [0.05, 0.1) is 23.9 Å². The first-order chi connectivity index (χ1) is 11.5. The molecule has 2 aromatic heterocycles. The Bertz CT molecular complexity index is 889. The largest absolute Gasteiger partial charge is 0.463 e. The highest BCUT2D eigenvalue weighted by Gasteiger charge is 2.37. The fraction of sp³-hybridized carbons (Fsp3) is 0.235. The van der Waals surface area contributed by atoms with Crippen LogP contribution in [-0.4, -0.2) is 33.5 Å². The van der Waals surface area contributed by atoms with E-state index < -0.39 is 29.7 Å². The van der Waals surface area contributed by atoms with Gasteiger partial charge in [-0.05, 0) is 24.6 Å². The number of hydrogen-bond acceptors (Lipinski definition) is 3. The lowest BCUT2D eigenvalue weighted by atomic mass is 10.0. The van der Waals surface area contributed by atoms with Crippen molar-refractivity contribution in [2.24, 2.45) is 0 Å². The highest BCUT2D eigenvalue weighted by atomic mass is 19.1. The molecular formula is C17H14F2N2O3. The van der Waals surface area contributed by atoms with E-state index in [1.54, 1.807) is 12.1 Å². The van der Waals surface area contributed by atoms with E-state index in [9.17, 15) is 18.7 Å². The SMILES string of the molecule is O=C(c1cc2occc2[nH]1)N1CC(O)CC1c1cc(F)ccc1F. The van der Waals surface area contributed by atoms with Crippen molar-refractivity contribution in [3.63, 3.8) is 0 Å². The summed E-state index contributed by atoms with van der Waals surface area (Å²) >= 11 is 0. The van der Waals surface area contributed by atoms with E-state index in [2.05, 4.69) is 4.98 Å². The monoisotopic (exact) mass is 332 g/mol. The first-order valence-electron chi connectivity index (χ1n) is 7.53. The first kappa shape index (κ1) is 14.9. The molecule has 2 unspecified atom stereocenters. The molecule has 7 heteroatoms. The van der Waals surface area contributed by atoms with Crippen LogP contribution in [0.1, 0.15) is 28.5 Å². The maximum absolute atomic E-state index is 14.1. The van der Waals surface area contributed by atoms with Gasteiger partial charge in [-0.1, -0.05) is 0 Å². The van der Waals surface area contributed by atoms with Crippen molar-refractivity contribution in [1.29, 1.82) is 0 Å². The number of aliphatic hydroxyl groups excluding tert-OH is 1. The molecule has 0 bridgehead atoms. The number of halogens is 2. The van der Waals surface area contributed by atoms with Crippen molar-refractivity contribution in [2.75, 3.05) is 6.54 Å². The smallest absolute Gasteiger partial charge is 0.271 e. The summed E-state index contributed by atoms with van der Waals surface area (Å²) in [5, 5.41) is 9.95. The van der Waals surface area contributed by atoms with Crippen LogP contribution in [0.2, 0.25) is 0 Å². The maximum atomic E-state index is 14.1. The third kappa shape index (κ3) is 2.37.